The molecule has 0 amide bonds. The molecule has 0 aromatic carbocycles. The fourth-order valence-electron chi connectivity index (χ4n) is 2.98. The van der Waals surface area contributed by atoms with E-state index in [0.29, 0.717) is 0 Å². The van der Waals surface area contributed by atoms with Crippen molar-refractivity contribution in [1.82, 2.24) is 10.2 Å². The van der Waals surface area contributed by atoms with Gasteiger partial charge in [-0.3, -0.25) is 0 Å². The molecule has 1 heterocycles. The van der Waals surface area contributed by atoms with E-state index >= 15 is 0 Å². The van der Waals surface area contributed by atoms with Gasteiger partial charge in [0.15, 0.2) is 0 Å². The molecule has 0 aliphatic carbocycles. The SMILES string of the molecule is CCC(CC)N1CCCC(CNCC(C)C)C1. The van der Waals surface area contributed by atoms with E-state index in [0.717, 1.165) is 17.9 Å². The quantitative estimate of drug-likeness (QED) is 0.735. The number of hydrogen-bond acceptors (Lipinski definition) is 2. The molecule has 0 bridgehead atoms. The predicted molar refractivity (Wildman–Crippen MR) is 76.4 cm³/mol. The van der Waals surface area contributed by atoms with Crippen LogP contribution in [-0.2, 0) is 0 Å². The molecule has 0 aromatic rings. The molecule has 1 N–H and O–H groups in total. The molecule has 0 radical (unpaired) electrons. The van der Waals surface area contributed by atoms with Gasteiger partial charge in [-0.05, 0) is 57.2 Å². The molecule has 1 unspecified atom stereocenters. The first-order valence-corrected chi connectivity index (χ1v) is 7.62. The van der Waals surface area contributed by atoms with Gasteiger partial charge in [0.25, 0.3) is 0 Å². The number of nitrogens with zero attached hydrogens (tertiary/aromatic N) is 1. The molecule has 1 atom stereocenters. The van der Waals surface area contributed by atoms with Gasteiger partial charge in [0.05, 0.1) is 0 Å². The fraction of sp³-hybridized carbons (Fsp3) is 1.00. The molecule has 102 valence electrons. The van der Waals surface area contributed by atoms with E-state index in [1.54, 1.807) is 0 Å². The van der Waals surface area contributed by atoms with Crippen LogP contribution in [0.5, 0.6) is 0 Å². The Bertz CT molecular complexity index is 187. The topological polar surface area (TPSA) is 15.3 Å². The van der Waals surface area contributed by atoms with E-state index in [1.807, 2.05) is 0 Å². The number of rotatable bonds is 7. The summed E-state index contributed by atoms with van der Waals surface area (Å²) in [6.45, 7) is 14.2. The van der Waals surface area contributed by atoms with Gasteiger partial charge >= 0.3 is 0 Å². The Morgan fingerprint density at radius 2 is 1.94 bits per heavy atom. The summed E-state index contributed by atoms with van der Waals surface area (Å²) in [5.74, 6) is 1.65. The van der Waals surface area contributed by atoms with Crippen molar-refractivity contribution in [2.24, 2.45) is 11.8 Å². The molecule has 1 rings (SSSR count). The zero-order chi connectivity index (χ0) is 12.7. The summed E-state index contributed by atoms with van der Waals surface area (Å²) in [6.07, 6.45) is 5.43. The van der Waals surface area contributed by atoms with Gasteiger partial charge in [-0.2, -0.15) is 0 Å². The van der Waals surface area contributed by atoms with Crippen LogP contribution in [0.15, 0.2) is 0 Å². The van der Waals surface area contributed by atoms with Crippen LogP contribution in [0.25, 0.3) is 0 Å². The molecule has 0 aromatic heterocycles. The number of hydrogen-bond donors (Lipinski definition) is 1. The standard InChI is InChI=1S/C15H32N2/c1-5-15(6-2)17-9-7-8-14(12-17)11-16-10-13(3)4/h13-16H,5-12H2,1-4H3. The molecule has 1 aliphatic rings. The highest BCUT2D eigenvalue weighted by Gasteiger charge is 2.23. The zero-order valence-electron chi connectivity index (χ0n) is 12.3. The molecule has 2 nitrogen and oxygen atoms in total. The molecule has 2 heteroatoms. The van der Waals surface area contributed by atoms with Crippen LogP contribution < -0.4 is 5.32 Å². The minimum atomic E-state index is 0.772. The normalized spacial score (nSPS) is 22.6. The van der Waals surface area contributed by atoms with Gasteiger partial charge in [0, 0.05) is 12.6 Å². The molecule has 0 saturated carbocycles. The largest absolute Gasteiger partial charge is 0.316 e. The van der Waals surface area contributed by atoms with Crippen LogP contribution in [0, 0.1) is 11.8 Å². The van der Waals surface area contributed by atoms with E-state index in [9.17, 15) is 0 Å². The van der Waals surface area contributed by atoms with Crippen molar-refractivity contribution in [1.29, 1.82) is 0 Å². The van der Waals surface area contributed by atoms with Gasteiger partial charge < -0.3 is 10.2 Å². The van der Waals surface area contributed by atoms with E-state index in [-0.39, 0.29) is 0 Å². The first-order valence-electron chi connectivity index (χ1n) is 7.62. The lowest BCUT2D eigenvalue weighted by Gasteiger charge is -2.38. The van der Waals surface area contributed by atoms with E-state index < -0.39 is 0 Å². The second-order valence-electron chi connectivity index (χ2n) is 6.03. The first-order chi connectivity index (χ1) is 8.17. The van der Waals surface area contributed by atoms with Gasteiger partial charge in [0.1, 0.15) is 0 Å². The fourth-order valence-corrected chi connectivity index (χ4v) is 2.98. The highest BCUT2D eigenvalue weighted by Crippen LogP contribution is 2.20. The van der Waals surface area contributed by atoms with E-state index in [1.165, 1.54) is 51.9 Å². The van der Waals surface area contributed by atoms with Crippen LogP contribution in [0.4, 0.5) is 0 Å². The van der Waals surface area contributed by atoms with E-state index in [2.05, 4.69) is 37.9 Å². The summed E-state index contributed by atoms with van der Waals surface area (Å²) in [5, 5.41) is 3.62. The van der Waals surface area contributed by atoms with Crippen molar-refractivity contribution in [3.05, 3.63) is 0 Å². The Morgan fingerprint density at radius 1 is 1.24 bits per heavy atom. The lowest BCUT2D eigenvalue weighted by Crippen LogP contribution is -2.44. The Morgan fingerprint density at radius 3 is 2.53 bits per heavy atom. The summed E-state index contributed by atoms with van der Waals surface area (Å²) in [6, 6.07) is 0.822. The van der Waals surface area contributed by atoms with Crippen LogP contribution in [-0.4, -0.2) is 37.1 Å². The molecule has 17 heavy (non-hydrogen) atoms. The molecular weight excluding hydrogens is 208 g/mol. The molecule has 0 spiro atoms. The summed E-state index contributed by atoms with van der Waals surface area (Å²) >= 11 is 0. The average molecular weight is 240 g/mol. The van der Waals surface area contributed by atoms with Gasteiger partial charge in [-0.1, -0.05) is 27.7 Å². The predicted octanol–water partition coefficient (Wildman–Crippen LogP) is 3.13. The molecule has 1 aliphatic heterocycles. The molecule has 1 fully saturated rings. The second kappa shape index (κ2) is 8.10. The van der Waals surface area contributed by atoms with Crippen LogP contribution in [0.2, 0.25) is 0 Å². The van der Waals surface area contributed by atoms with Crippen molar-refractivity contribution >= 4 is 0 Å². The maximum atomic E-state index is 3.62. The summed E-state index contributed by atoms with van der Waals surface area (Å²) < 4.78 is 0. The Hall–Kier alpha value is -0.0800. The molecular formula is C15H32N2. The van der Waals surface area contributed by atoms with Gasteiger partial charge in [0.2, 0.25) is 0 Å². The smallest absolute Gasteiger partial charge is 0.00901 e. The third kappa shape index (κ3) is 5.39. The highest BCUT2D eigenvalue weighted by atomic mass is 15.2. The Kier molecular flexibility index (Phi) is 7.14. The average Bonchev–Trinajstić information content (AvgIpc) is 2.31. The van der Waals surface area contributed by atoms with Crippen molar-refractivity contribution < 1.29 is 0 Å². The Labute approximate surface area is 108 Å². The maximum Gasteiger partial charge on any atom is 0.00901 e. The second-order valence-corrected chi connectivity index (χ2v) is 6.03. The van der Waals surface area contributed by atoms with Gasteiger partial charge in [-0.15, -0.1) is 0 Å². The zero-order valence-corrected chi connectivity index (χ0v) is 12.3. The van der Waals surface area contributed by atoms with Crippen molar-refractivity contribution in [2.75, 3.05) is 26.2 Å². The summed E-state index contributed by atoms with van der Waals surface area (Å²) in [7, 11) is 0. The van der Waals surface area contributed by atoms with E-state index in [4.69, 9.17) is 0 Å². The maximum absolute atomic E-state index is 3.62. The van der Waals surface area contributed by atoms with Gasteiger partial charge in [-0.25, -0.2) is 0 Å². The minimum absolute atomic E-state index is 0.772. The highest BCUT2D eigenvalue weighted by molar-refractivity contribution is 4.79. The number of nitrogens with one attached hydrogen (secondary N) is 1. The molecule has 1 saturated heterocycles. The summed E-state index contributed by atoms with van der Waals surface area (Å²) in [4.78, 5) is 2.73. The van der Waals surface area contributed by atoms with Crippen LogP contribution in [0.3, 0.4) is 0 Å². The lowest BCUT2D eigenvalue weighted by atomic mass is 9.95. The number of likely N-dealkylation sites (tertiary alicyclic amines) is 1. The van der Waals surface area contributed by atoms with Crippen molar-refractivity contribution in [3.63, 3.8) is 0 Å². The number of piperidine rings is 1. The van der Waals surface area contributed by atoms with Crippen LogP contribution >= 0.6 is 0 Å². The first kappa shape index (κ1) is 15.0. The summed E-state index contributed by atoms with van der Waals surface area (Å²) in [5.41, 5.74) is 0. The van der Waals surface area contributed by atoms with Crippen molar-refractivity contribution in [3.8, 4) is 0 Å². The third-order valence-electron chi connectivity index (χ3n) is 3.99. The minimum Gasteiger partial charge on any atom is -0.316 e. The lowest BCUT2D eigenvalue weighted by molar-refractivity contribution is 0.116. The van der Waals surface area contributed by atoms with Crippen molar-refractivity contribution in [2.45, 2.75) is 59.4 Å². The van der Waals surface area contributed by atoms with Crippen LogP contribution in [0.1, 0.15) is 53.4 Å². The third-order valence-corrected chi connectivity index (χ3v) is 3.99. The Balaban J connectivity index is 2.28. The monoisotopic (exact) mass is 240 g/mol.